The van der Waals surface area contributed by atoms with E-state index >= 15 is 0 Å². The van der Waals surface area contributed by atoms with E-state index < -0.39 is 0 Å². The molecular weight excluding hydrogens is 336 g/mol. The Bertz CT molecular complexity index is 747. The van der Waals surface area contributed by atoms with Crippen molar-refractivity contribution >= 4 is 11.9 Å². The molecule has 0 unspecified atom stereocenters. The number of nitrogens with zero attached hydrogens (tertiary/aromatic N) is 6. The van der Waals surface area contributed by atoms with E-state index in [1.54, 1.807) is 49.3 Å². The number of rotatable bonds is 5. The SMILES string of the molecule is COc1cc(OC)nc(N2CCC(N(C)C(=O)c3cnn(C)c3)CC2)n1. The molecular formula is C17H24N6O3. The second kappa shape index (κ2) is 7.59. The van der Waals surface area contributed by atoms with Gasteiger partial charge in [-0.1, -0.05) is 0 Å². The first kappa shape index (κ1) is 18.0. The monoisotopic (exact) mass is 360 g/mol. The maximum Gasteiger partial charge on any atom is 0.257 e. The number of ether oxygens (including phenoxy) is 2. The third-order valence-electron chi connectivity index (χ3n) is 4.65. The molecule has 0 bridgehead atoms. The number of aryl methyl sites for hydroxylation is 1. The van der Waals surface area contributed by atoms with Gasteiger partial charge in [0.1, 0.15) is 0 Å². The third kappa shape index (κ3) is 3.71. The van der Waals surface area contributed by atoms with Gasteiger partial charge in [-0.25, -0.2) is 0 Å². The zero-order chi connectivity index (χ0) is 18.7. The summed E-state index contributed by atoms with van der Waals surface area (Å²) in [5.41, 5.74) is 0.610. The number of aromatic nitrogens is 4. The second-order valence-corrected chi connectivity index (χ2v) is 6.29. The van der Waals surface area contributed by atoms with Gasteiger partial charge in [0.15, 0.2) is 0 Å². The summed E-state index contributed by atoms with van der Waals surface area (Å²) < 4.78 is 12.1. The van der Waals surface area contributed by atoms with E-state index in [1.807, 2.05) is 7.05 Å². The molecule has 9 nitrogen and oxygen atoms in total. The molecule has 1 aliphatic rings. The highest BCUT2D eigenvalue weighted by molar-refractivity contribution is 5.93. The first-order valence-electron chi connectivity index (χ1n) is 8.49. The molecule has 9 heteroatoms. The predicted molar refractivity (Wildman–Crippen MR) is 95.7 cm³/mol. The van der Waals surface area contributed by atoms with E-state index in [-0.39, 0.29) is 11.9 Å². The van der Waals surface area contributed by atoms with Crippen LogP contribution in [-0.4, -0.2) is 71.0 Å². The van der Waals surface area contributed by atoms with Crippen LogP contribution in [0.2, 0.25) is 0 Å². The van der Waals surface area contributed by atoms with Crippen molar-refractivity contribution in [3.8, 4) is 11.8 Å². The molecule has 3 heterocycles. The van der Waals surface area contributed by atoms with E-state index in [0.717, 1.165) is 25.9 Å². The van der Waals surface area contributed by atoms with Gasteiger partial charge in [0.05, 0.1) is 32.0 Å². The predicted octanol–water partition coefficient (Wildman–Crippen LogP) is 0.968. The summed E-state index contributed by atoms with van der Waals surface area (Å²) in [5, 5.41) is 4.07. The largest absolute Gasteiger partial charge is 0.481 e. The highest BCUT2D eigenvalue weighted by Crippen LogP contribution is 2.24. The molecule has 3 rings (SSSR count). The maximum atomic E-state index is 12.6. The highest BCUT2D eigenvalue weighted by atomic mass is 16.5. The molecule has 2 aromatic heterocycles. The molecule has 0 spiro atoms. The number of carbonyl (C=O) groups is 1. The van der Waals surface area contributed by atoms with Crippen molar-refractivity contribution in [2.24, 2.45) is 7.05 Å². The van der Waals surface area contributed by atoms with Crippen LogP contribution in [0.4, 0.5) is 5.95 Å². The van der Waals surface area contributed by atoms with E-state index in [2.05, 4.69) is 20.0 Å². The summed E-state index contributed by atoms with van der Waals surface area (Å²) in [6, 6.07) is 1.82. The lowest BCUT2D eigenvalue weighted by Gasteiger charge is -2.36. The molecule has 1 saturated heterocycles. The quantitative estimate of drug-likeness (QED) is 0.785. The summed E-state index contributed by atoms with van der Waals surface area (Å²) in [6.45, 7) is 1.51. The van der Waals surface area contributed by atoms with E-state index in [0.29, 0.717) is 23.3 Å². The topological polar surface area (TPSA) is 85.6 Å². The molecule has 0 aliphatic carbocycles. The Balaban J connectivity index is 1.64. The Kier molecular flexibility index (Phi) is 5.24. The molecule has 0 N–H and O–H groups in total. The number of methoxy groups -OCH3 is 2. The van der Waals surface area contributed by atoms with E-state index in [1.165, 1.54) is 0 Å². The van der Waals surface area contributed by atoms with Crippen molar-refractivity contribution in [3.05, 3.63) is 24.0 Å². The molecule has 0 radical (unpaired) electrons. The lowest BCUT2D eigenvalue weighted by Crippen LogP contribution is -2.46. The Labute approximate surface area is 152 Å². The van der Waals surface area contributed by atoms with Crippen LogP contribution in [0.3, 0.4) is 0 Å². The highest BCUT2D eigenvalue weighted by Gasteiger charge is 2.28. The van der Waals surface area contributed by atoms with Gasteiger partial charge in [0.25, 0.3) is 5.91 Å². The number of carbonyl (C=O) groups excluding carboxylic acids is 1. The van der Waals surface area contributed by atoms with Gasteiger partial charge >= 0.3 is 0 Å². The number of anilines is 1. The molecule has 1 fully saturated rings. The smallest absolute Gasteiger partial charge is 0.257 e. The fraction of sp³-hybridized carbons (Fsp3) is 0.529. The number of hydrogen-bond acceptors (Lipinski definition) is 7. The standard InChI is InChI=1S/C17H24N6O3/c1-21-11-12(10-18-21)16(24)22(2)13-5-7-23(8-6-13)17-19-14(25-3)9-15(20-17)26-4/h9-11,13H,5-8H2,1-4H3. The summed E-state index contributed by atoms with van der Waals surface area (Å²) in [6.07, 6.45) is 5.02. The van der Waals surface area contributed by atoms with Crippen LogP contribution < -0.4 is 14.4 Å². The van der Waals surface area contributed by atoms with Crippen molar-refractivity contribution in [2.75, 3.05) is 39.3 Å². The Morgan fingerprint density at radius 3 is 2.31 bits per heavy atom. The first-order valence-corrected chi connectivity index (χ1v) is 8.49. The number of piperidine rings is 1. The van der Waals surface area contributed by atoms with Crippen molar-refractivity contribution < 1.29 is 14.3 Å². The van der Waals surface area contributed by atoms with Crippen LogP contribution in [0.5, 0.6) is 11.8 Å². The molecule has 140 valence electrons. The van der Waals surface area contributed by atoms with Gasteiger partial charge in [-0.05, 0) is 12.8 Å². The lowest BCUT2D eigenvalue weighted by atomic mass is 10.0. The summed E-state index contributed by atoms with van der Waals surface area (Å²) >= 11 is 0. The minimum absolute atomic E-state index is 0.00384. The van der Waals surface area contributed by atoms with Crippen molar-refractivity contribution in [1.29, 1.82) is 0 Å². The van der Waals surface area contributed by atoms with Gasteiger partial charge in [-0.2, -0.15) is 15.1 Å². The van der Waals surface area contributed by atoms with Crippen molar-refractivity contribution in [2.45, 2.75) is 18.9 Å². The zero-order valence-electron chi connectivity index (χ0n) is 15.5. The minimum atomic E-state index is -0.00384. The van der Waals surface area contributed by atoms with E-state index in [9.17, 15) is 4.79 Å². The Morgan fingerprint density at radius 1 is 1.19 bits per heavy atom. The van der Waals surface area contributed by atoms with Crippen LogP contribution in [0.15, 0.2) is 18.5 Å². The summed E-state index contributed by atoms with van der Waals surface area (Å²) in [5.74, 6) is 1.52. The molecule has 0 saturated carbocycles. The molecule has 1 aliphatic heterocycles. The second-order valence-electron chi connectivity index (χ2n) is 6.29. The summed E-state index contributed by atoms with van der Waals surface area (Å²) in [4.78, 5) is 25.3. The lowest BCUT2D eigenvalue weighted by molar-refractivity contribution is 0.0709. The average molecular weight is 360 g/mol. The fourth-order valence-corrected chi connectivity index (χ4v) is 3.10. The molecule has 0 atom stereocenters. The van der Waals surface area contributed by atoms with Gasteiger partial charge in [-0.3, -0.25) is 9.48 Å². The van der Waals surface area contributed by atoms with Gasteiger partial charge < -0.3 is 19.3 Å². The van der Waals surface area contributed by atoms with Gasteiger partial charge in [-0.15, -0.1) is 0 Å². The fourth-order valence-electron chi connectivity index (χ4n) is 3.10. The number of amides is 1. The normalized spacial score (nSPS) is 15.0. The van der Waals surface area contributed by atoms with Crippen LogP contribution in [0.25, 0.3) is 0 Å². The van der Waals surface area contributed by atoms with Gasteiger partial charge in [0, 0.05) is 39.4 Å². The van der Waals surface area contributed by atoms with Gasteiger partial charge in [0.2, 0.25) is 17.7 Å². The molecule has 26 heavy (non-hydrogen) atoms. The average Bonchev–Trinajstić information content (AvgIpc) is 3.12. The minimum Gasteiger partial charge on any atom is -0.481 e. The third-order valence-corrected chi connectivity index (χ3v) is 4.65. The van der Waals surface area contributed by atoms with Crippen LogP contribution in [0, 0.1) is 0 Å². The van der Waals surface area contributed by atoms with Crippen LogP contribution >= 0.6 is 0 Å². The molecule has 0 aromatic carbocycles. The Hall–Kier alpha value is -2.84. The molecule has 2 aromatic rings. The van der Waals surface area contributed by atoms with Crippen LogP contribution in [0.1, 0.15) is 23.2 Å². The van der Waals surface area contributed by atoms with E-state index in [4.69, 9.17) is 9.47 Å². The zero-order valence-corrected chi connectivity index (χ0v) is 15.5. The van der Waals surface area contributed by atoms with Crippen LogP contribution in [-0.2, 0) is 7.05 Å². The Morgan fingerprint density at radius 2 is 1.81 bits per heavy atom. The summed E-state index contributed by atoms with van der Waals surface area (Å²) in [7, 11) is 6.78. The maximum absolute atomic E-state index is 12.6. The molecule has 1 amide bonds. The van der Waals surface area contributed by atoms with Crippen molar-refractivity contribution in [3.63, 3.8) is 0 Å². The first-order chi connectivity index (χ1) is 12.5. The number of hydrogen-bond donors (Lipinski definition) is 0. The van der Waals surface area contributed by atoms with Crippen molar-refractivity contribution in [1.82, 2.24) is 24.6 Å².